The van der Waals surface area contributed by atoms with Crippen LogP contribution in [0.15, 0.2) is 23.1 Å². The van der Waals surface area contributed by atoms with Gasteiger partial charge in [0.25, 0.3) is 0 Å². The number of hydrogen-bond acceptors (Lipinski definition) is 4. The fourth-order valence-corrected chi connectivity index (χ4v) is 1.60. The first-order chi connectivity index (χ1) is 6.49. The summed E-state index contributed by atoms with van der Waals surface area (Å²) in [5.41, 5.74) is 6.16. The smallest absolute Gasteiger partial charge is 0.238 e. The van der Waals surface area contributed by atoms with Gasteiger partial charge >= 0.3 is 0 Å². The molecule has 0 saturated heterocycles. The van der Waals surface area contributed by atoms with Crippen LogP contribution in [0.2, 0.25) is 0 Å². The van der Waals surface area contributed by atoms with Crippen molar-refractivity contribution in [3.05, 3.63) is 23.8 Å². The summed E-state index contributed by atoms with van der Waals surface area (Å²) in [6.45, 7) is 0.286. The third-order valence-corrected chi connectivity index (χ3v) is 2.72. The highest BCUT2D eigenvalue weighted by molar-refractivity contribution is 7.89. The second-order valence-electron chi connectivity index (χ2n) is 2.72. The zero-order chi connectivity index (χ0) is 10.8. The minimum absolute atomic E-state index is 0.0200. The lowest BCUT2D eigenvalue weighted by atomic mass is 10.2. The van der Waals surface area contributed by atoms with Crippen molar-refractivity contribution in [2.75, 3.05) is 7.11 Å². The fraction of sp³-hybridized carbons (Fsp3) is 0.250. The molecule has 5 nitrogen and oxygen atoms in total. The number of benzene rings is 1. The van der Waals surface area contributed by atoms with Crippen LogP contribution in [0.3, 0.4) is 0 Å². The summed E-state index contributed by atoms with van der Waals surface area (Å²) < 4.78 is 27.0. The van der Waals surface area contributed by atoms with Gasteiger partial charge in [0.05, 0.1) is 12.0 Å². The molecule has 78 valence electrons. The quantitative estimate of drug-likeness (QED) is 0.731. The Morgan fingerprint density at radius 1 is 1.43 bits per heavy atom. The Hall–Kier alpha value is -1.11. The van der Waals surface area contributed by atoms with Crippen LogP contribution in [0.1, 0.15) is 5.56 Å². The number of hydrogen-bond donors (Lipinski definition) is 2. The van der Waals surface area contributed by atoms with Crippen molar-refractivity contribution in [2.45, 2.75) is 11.4 Å². The average Bonchev–Trinajstić information content (AvgIpc) is 2.15. The molecule has 4 N–H and O–H groups in total. The molecule has 0 amide bonds. The van der Waals surface area contributed by atoms with Gasteiger partial charge in [-0.05, 0) is 6.07 Å². The average molecular weight is 216 g/mol. The molecule has 0 unspecified atom stereocenters. The number of methoxy groups -OCH3 is 1. The predicted octanol–water partition coefficient (Wildman–Crippen LogP) is -0.199. The Morgan fingerprint density at radius 2 is 2.07 bits per heavy atom. The summed E-state index contributed by atoms with van der Waals surface area (Å²) in [4.78, 5) is 0.0200. The molecule has 6 heteroatoms. The van der Waals surface area contributed by atoms with Crippen LogP contribution in [-0.4, -0.2) is 15.5 Å². The van der Waals surface area contributed by atoms with Crippen LogP contribution < -0.4 is 15.6 Å². The second kappa shape index (κ2) is 3.95. The third kappa shape index (κ3) is 2.22. The van der Waals surface area contributed by atoms with Crippen molar-refractivity contribution in [1.29, 1.82) is 0 Å². The molecule has 1 aromatic carbocycles. The van der Waals surface area contributed by atoms with E-state index < -0.39 is 10.0 Å². The first kappa shape index (κ1) is 11.0. The van der Waals surface area contributed by atoms with Gasteiger partial charge in [-0.25, -0.2) is 13.6 Å². The SMILES string of the molecule is COc1cc(S(N)(=O)=O)ccc1CN. The van der Waals surface area contributed by atoms with Crippen LogP contribution in [0.25, 0.3) is 0 Å². The van der Waals surface area contributed by atoms with Crippen molar-refractivity contribution in [3.8, 4) is 5.75 Å². The standard InChI is InChI=1S/C8H12N2O3S/c1-13-8-4-7(14(10,11)12)3-2-6(8)5-9/h2-4H,5,9H2,1H3,(H2,10,11,12). The molecule has 0 saturated carbocycles. The summed E-state index contributed by atoms with van der Waals surface area (Å²) in [5, 5.41) is 4.96. The first-order valence-electron chi connectivity index (χ1n) is 3.89. The van der Waals surface area contributed by atoms with E-state index in [0.717, 1.165) is 5.56 Å². The van der Waals surface area contributed by atoms with Crippen molar-refractivity contribution >= 4 is 10.0 Å². The van der Waals surface area contributed by atoms with Gasteiger partial charge in [-0.3, -0.25) is 0 Å². The number of ether oxygens (including phenoxy) is 1. The van der Waals surface area contributed by atoms with Crippen LogP contribution >= 0.6 is 0 Å². The molecule has 0 heterocycles. The maximum absolute atomic E-state index is 11.0. The van der Waals surface area contributed by atoms with Gasteiger partial charge in [0.15, 0.2) is 0 Å². The van der Waals surface area contributed by atoms with Crippen LogP contribution in [0.4, 0.5) is 0 Å². The highest BCUT2D eigenvalue weighted by Gasteiger charge is 2.10. The topological polar surface area (TPSA) is 95.4 Å². The first-order valence-corrected chi connectivity index (χ1v) is 5.43. The molecule has 0 aliphatic heterocycles. The molecule has 0 bridgehead atoms. The Morgan fingerprint density at radius 3 is 2.50 bits per heavy atom. The second-order valence-corrected chi connectivity index (χ2v) is 4.28. The highest BCUT2D eigenvalue weighted by atomic mass is 32.2. The minimum atomic E-state index is -3.68. The monoisotopic (exact) mass is 216 g/mol. The third-order valence-electron chi connectivity index (χ3n) is 1.81. The number of nitrogens with two attached hydrogens (primary N) is 2. The molecule has 0 aromatic heterocycles. The Balaban J connectivity index is 3.28. The lowest BCUT2D eigenvalue weighted by Crippen LogP contribution is -2.12. The van der Waals surface area contributed by atoms with E-state index >= 15 is 0 Å². The van der Waals surface area contributed by atoms with E-state index in [9.17, 15) is 8.42 Å². The Labute approximate surface area is 82.7 Å². The summed E-state index contributed by atoms with van der Waals surface area (Å²) in [5.74, 6) is 0.430. The molecule has 0 aliphatic carbocycles. The normalized spacial score (nSPS) is 11.4. The lowest BCUT2D eigenvalue weighted by molar-refractivity contribution is 0.408. The van der Waals surface area contributed by atoms with Gasteiger partial charge < -0.3 is 10.5 Å². The molecule has 0 radical (unpaired) electrons. The van der Waals surface area contributed by atoms with E-state index in [1.165, 1.54) is 19.2 Å². The van der Waals surface area contributed by atoms with Crippen LogP contribution in [0.5, 0.6) is 5.75 Å². The number of primary sulfonamides is 1. The molecule has 0 spiro atoms. The maximum Gasteiger partial charge on any atom is 0.238 e. The van der Waals surface area contributed by atoms with Gasteiger partial charge in [-0.2, -0.15) is 0 Å². The van der Waals surface area contributed by atoms with Crippen molar-refractivity contribution < 1.29 is 13.2 Å². The summed E-state index contributed by atoms with van der Waals surface area (Å²) in [7, 11) is -2.24. The largest absolute Gasteiger partial charge is 0.496 e. The van der Waals surface area contributed by atoms with E-state index in [2.05, 4.69) is 0 Å². The van der Waals surface area contributed by atoms with E-state index in [0.29, 0.717) is 5.75 Å². The highest BCUT2D eigenvalue weighted by Crippen LogP contribution is 2.21. The molecule has 0 fully saturated rings. The Bertz CT molecular complexity index is 428. The maximum atomic E-state index is 11.0. The fourth-order valence-electron chi connectivity index (χ4n) is 1.07. The van der Waals surface area contributed by atoms with E-state index in [1.807, 2.05) is 0 Å². The molecular weight excluding hydrogens is 204 g/mol. The minimum Gasteiger partial charge on any atom is -0.496 e. The molecule has 1 rings (SSSR count). The van der Waals surface area contributed by atoms with Crippen LogP contribution in [0, 0.1) is 0 Å². The van der Waals surface area contributed by atoms with E-state index in [1.54, 1.807) is 6.07 Å². The predicted molar refractivity (Wildman–Crippen MR) is 52.3 cm³/mol. The van der Waals surface area contributed by atoms with Crippen molar-refractivity contribution in [3.63, 3.8) is 0 Å². The molecule has 1 aromatic rings. The Kier molecular flexibility index (Phi) is 3.10. The van der Waals surface area contributed by atoms with Gasteiger partial charge in [-0.1, -0.05) is 6.07 Å². The molecule has 0 aliphatic rings. The van der Waals surface area contributed by atoms with E-state index in [-0.39, 0.29) is 11.4 Å². The zero-order valence-corrected chi connectivity index (χ0v) is 8.54. The van der Waals surface area contributed by atoms with Crippen molar-refractivity contribution in [2.24, 2.45) is 10.9 Å². The number of rotatable bonds is 3. The summed E-state index contributed by atoms with van der Waals surface area (Å²) in [6.07, 6.45) is 0. The van der Waals surface area contributed by atoms with Gasteiger partial charge in [0, 0.05) is 18.2 Å². The van der Waals surface area contributed by atoms with Gasteiger partial charge in [0.1, 0.15) is 5.75 Å². The number of sulfonamides is 1. The zero-order valence-electron chi connectivity index (χ0n) is 7.73. The van der Waals surface area contributed by atoms with E-state index in [4.69, 9.17) is 15.6 Å². The van der Waals surface area contributed by atoms with Gasteiger partial charge in [-0.15, -0.1) is 0 Å². The molecule has 14 heavy (non-hydrogen) atoms. The van der Waals surface area contributed by atoms with Crippen LogP contribution in [-0.2, 0) is 16.6 Å². The molecular formula is C8H12N2O3S. The lowest BCUT2D eigenvalue weighted by Gasteiger charge is -2.07. The molecule has 0 atom stereocenters. The summed E-state index contributed by atoms with van der Waals surface area (Å²) >= 11 is 0. The summed E-state index contributed by atoms with van der Waals surface area (Å²) in [6, 6.07) is 4.34. The van der Waals surface area contributed by atoms with Gasteiger partial charge in [0.2, 0.25) is 10.0 Å². The van der Waals surface area contributed by atoms with Crippen molar-refractivity contribution in [1.82, 2.24) is 0 Å².